The number of aromatic nitrogens is 4. The Bertz CT molecular complexity index is 984. The predicted octanol–water partition coefficient (Wildman–Crippen LogP) is 3.39. The summed E-state index contributed by atoms with van der Waals surface area (Å²) in [6.07, 6.45) is 0. The van der Waals surface area contributed by atoms with Crippen LogP contribution in [0, 0.1) is 11.6 Å². The van der Waals surface area contributed by atoms with Gasteiger partial charge in [-0.15, -0.1) is 0 Å². The number of rotatable bonds is 1. The molecule has 104 valence electrons. The molecule has 2 aromatic carbocycles. The second-order valence-electron chi connectivity index (χ2n) is 4.87. The average molecular weight is 284 g/mol. The van der Waals surface area contributed by atoms with Crippen LogP contribution in [-0.4, -0.2) is 19.7 Å². The van der Waals surface area contributed by atoms with E-state index in [2.05, 4.69) is 15.2 Å². The van der Waals surface area contributed by atoms with Crippen LogP contribution in [0.5, 0.6) is 0 Å². The van der Waals surface area contributed by atoms with Crippen LogP contribution in [0.4, 0.5) is 8.78 Å². The molecule has 0 saturated carbocycles. The molecule has 0 fully saturated rings. The minimum Gasteiger partial charge on any atom is -0.326 e. The van der Waals surface area contributed by atoms with Gasteiger partial charge in [-0.3, -0.25) is 5.10 Å². The van der Waals surface area contributed by atoms with Gasteiger partial charge in [0.2, 0.25) is 0 Å². The van der Waals surface area contributed by atoms with Crippen LogP contribution in [0.25, 0.3) is 33.5 Å². The fourth-order valence-electron chi connectivity index (χ4n) is 2.54. The van der Waals surface area contributed by atoms with Gasteiger partial charge in [0.25, 0.3) is 0 Å². The van der Waals surface area contributed by atoms with E-state index in [1.807, 2.05) is 35.9 Å². The summed E-state index contributed by atoms with van der Waals surface area (Å²) in [5, 5.41) is 7.39. The van der Waals surface area contributed by atoms with Gasteiger partial charge in [0.05, 0.1) is 16.6 Å². The number of hydrogen-bond donors (Lipinski definition) is 1. The maximum atomic E-state index is 13.5. The molecule has 4 aromatic rings. The Morgan fingerprint density at radius 3 is 2.67 bits per heavy atom. The van der Waals surface area contributed by atoms with Gasteiger partial charge >= 0.3 is 0 Å². The van der Waals surface area contributed by atoms with Gasteiger partial charge in [0.1, 0.15) is 5.69 Å². The van der Waals surface area contributed by atoms with Gasteiger partial charge in [-0.1, -0.05) is 12.1 Å². The highest BCUT2D eigenvalue weighted by Gasteiger charge is 2.17. The molecule has 0 atom stereocenters. The zero-order valence-corrected chi connectivity index (χ0v) is 11.1. The van der Waals surface area contributed by atoms with Gasteiger partial charge in [-0.25, -0.2) is 13.8 Å². The molecular formula is C15H10F2N4. The number of H-pyrrole nitrogens is 1. The normalized spacial score (nSPS) is 11.6. The lowest BCUT2D eigenvalue weighted by atomic mass is 10.2. The van der Waals surface area contributed by atoms with E-state index in [4.69, 9.17) is 0 Å². The second-order valence-corrected chi connectivity index (χ2v) is 4.87. The summed E-state index contributed by atoms with van der Waals surface area (Å²) < 4.78 is 28.6. The van der Waals surface area contributed by atoms with Crippen molar-refractivity contribution in [1.82, 2.24) is 19.7 Å². The summed E-state index contributed by atoms with van der Waals surface area (Å²) in [4.78, 5) is 4.52. The molecule has 0 saturated heterocycles. The molecule has 4 rings (SSSR count). The highest BCUT2D eigenvalue weighted by Crippen LogP contribution is 2.29. The van der Waals surface area contributed by atoms with Gasteiger partial charge in [0, 0.05) is 18.5 Å². The highest BCUT2D eigenvalue weighted by atomic mass is 19.2. The van der Waals surface area contributed by atoms with Crippen molar-refractivity contribution in [2.75, 3.05) is 0 Å². The van der Waals surface area contributed by atoms with Crippen molar-refractivity contribution in [2.45, 2.75) is 0 Å². The Balaban J connectivity index is 2.04. The Kier molecular flexibility index (Phi) is 2.35. The quantitative estimate of drug-likeness (QED) is 0.582. The zero-order valence-electron chi connectivity index (χ0n) is 11.1. The van der Waals surface area contributed by atoms with Gasteiger partial charge in [0.15, 0.2) is 17.5 Å². The van der Waals surface area contributed by atoms with E-state index in [9.17, 15) is 8.78 Å². The van der Waals surface area contributed by atoms with Gasteiger partial charge in [-0.2, -0.15) is 5.10 Å². The van der Waals surface area contributed by atoms with E-state index in [1.165, 1.54) is 0 Å². The highest BCUT2D eigenvalue weighted by molar-refractivity contribution is 5.93. The lowest BCUT2D eigenvalue weighted by Gasteiger charge is -2.00. The smallest absolute Gasteiger partial charge is 0.162 e. The first-order chi connectivity index (χ1) is 10.1. The van der Waals surface area contributed by atoms with Crippen molar-refractivity contribution in [2.24, 2.45) is 7.05 Å². The van der Waals surface area contributed by atoms with Crippen molar-refractivity contribution in [3.05, 3.63) is 48.0 Å². The molecule has 0 unspecified atom stereocenters. The standard InChI is InChI=1S/C15H10F2N4/c1-21-13-5-3-2-4-11(13)18-15(21)14-8-6-9(16)10(17)7-12(8)19-20-14/h2-7H,1H3,(H,19,20). The van der Waals surface area contributed by atoms with Crippen LogP contribution in [0.2, 0.25) is 0 Å². The third kappa shape index (κ3) is 1.65. The van der Waals surface area contributed by atoms with E-state index >= 15 is 0 Å². The van der Waals surface area contributed by atoms with E-state index in [0.29, 0.717) is 22.4 Å². The van der Waals surface area contributed by atoms with E-state index in [-0.39, 0.29) is 0 Å². The lowest BCUT2D eigenvalue weighted by Crippen LogP contribution is -1.93. The molecule has 0 aliphatic heterocycles. The van der Waals surface area contributed by atoms with E-state index in [0.717, 1.165) is 23.2 Å². The van der Waals surface area contributed by atoms with Crippen molar-refractivity contribution in [1.29, 1.82) is 0 Å². The summed E-state index contributed by atoms with van der Waals surface area (Å²) in [5.41, 5.74) is 2.72. The van der Waals surface area contributed by atoms with E-state index < -0.39 is 11.6 Å². The number of nitrogens with one attached hydrogen (secondary N) is 1. The van der Waals surface area contributed by atoms with E-state index in [1.54, 1.807) is 0 Å². The summed E-state index contributed by atoms with van der Waals surface area (Å²) in [7, 11) is 1.87. The van der Waals surface area contributed by atoms with Crippen LogP contribution >= 0.6 is 0 Å². The van der Waals surface area contributed by atoms with Gasteiger partial charge in [-0.05, 0) is 18.2 Å². The Labute approximate surface area is 118 Å². The van der Waals surface area contributed by atoms with Crippen LogP contribution in [0.1, 0.15) is 0 Å². The monoisotopic (exact) mass is 284 g/mol. The molecular weight excluding hydrogens is 274 g/mol. The number of halogens is 2. The summed E-state index contributed by atoms with van der Waals surface area (Å²) >= 11 is 0. The first-order valence-electron chi connectivity index (χ1n) is 6.40. The maximum absolute atomic E-state index is 13.5. The molecule has 0 aliphatic carbocycles. The third-order valence-corrected chi connectivity index (χ3v) is 3.60. The molecule has 4 nitrogen and oxygen atoms in total. The van der Waals surface area contributed by atoms with Crippen LogP contribution in [0.3, 0.4) is 0 Å². The molecule has 0 spiro atoms. The third-order valence-electron chi connectivity index (χ3n) is 3.60. The van der Waals surface area contributed by atoms with Crippen LogP contribution in [-0.2, 0) is 7.05 Å². The fourth-order valence-corrected chi connectivity index (χ4v) is 2.54. The summed E-state index contributed by atoms with van der Waals surface area (Å²) in [6, 6.07) is 9.91. The SMILES string of the molecule is Cn1c(-c2n[nH]c3cc(F)c(F)cc23)nc2ccccc21. The molecule has 0 aliphatic rings. The topological polar surface area (TPSA) is 46.5 Å². The molecule has 0 bridgehead atoms. The molecule has 0 amide bonds. The largest absolute Gasteiger partial charge is 0.326 e. The molecule has 2 heterocycles. The Morgan fingerprint density at radius 2 is 1.86 bits per heavy atom. The summed E-state index contributed by atoms with van der Waals surface area (Å²) in [6.45, 7) is 0. The zero-order chi connectivity index (χ0) is 14.6. The molecule has 1 N–H and O–H groups in total. The number of fused-ring (bicyclic) bond motifs is 2. The minimum absolute atomic E-state index is 0.441. The number of nitrogens with zero attached hydrogens (tertiary/aromatic N) is 3. The van der Waals surface area contributed by atoms with Crippen LogP contribution < -0.4 is 0 Å². The van der Waals surface area contributed by atoms with Crippen molar-refractivity contribution < 1.29 is 8.78 Å². The fraction of sp³-hybridized carbons (Fsp3) is 0.0667. The number of aryl methyl sites for hydroxylation is 1. The van der Waals surface area contributed by atoms with Crippen molar-refractivity contribution in [3.8, 4) is 11.5 Å². The molecule has 2 aromatic heterocycles. The average Bonchev–Trinajstić information content (AvgIpc) is 3.02. The number of aromatic amines is 1. The predicted molar refractivity (Wildman–Crippen MR) is 75.7 cm³/mol. The Hall–Kier alpha value is -2.76. The Morgan fingerprint density at radius 1 is 1.10 bits per heavy atom. The number of para-hydroxylation sites is 2. The lowest BCUT2D eigenvalue weighted by molar-refractivity contribution is 0.511. The first kappa shape index (κ1) is 12.0. The second kappa shape index (κ2) is 4.12. The number of imidazole rings is 1. The number of hydrogen-bond acceptors (Lipinski definition) is 2. The number of benzene rings is 2. The molecule has 21 heavy (non-hydrogen) atoms. The van der Waals surface area contributed by atoms with Crippen molar-refractivity contribution in [3.63, 3.8) is 0 Å². The van der Waals surface area contributed by atoms with Crippen LogP contribution in [0.15, 0.2) is 36.4 Å². The molecule has 6 heteroatoms. The van der Waals surface area contributed by atoms with Gasteiger partial charge < -0.3 is 4.57 Å². The summed E-state index contributed by atoms with van der Waals surface area (Å²) in [5.74, 6) is -1.19. The minimum atomic E-state index is -0.900. The maximum Gasteiger partial charge on any atom is 0.162 e. The first-order valence-corrected chi connectivity index (χ1v) is 6.40. The molecule has 0 radical (unpaired) electrons. The van der Waals surface area contributed by atoms with Crippen molar-refractivity contribution >= 4 is 21.9 Å².